The first-order valence-corrected chi connectivity index (χ1v) is 24.9. The average molecular weight is 921 g/mol. The molecular weight excluding hydrogens is 873 g/mol. The number of furan rings is 1. The van der Waals surface area contributed by atoms with Gasteiger partial charge in [0.15, 0.2) is 0 Å². The van der Waals surface area contributed by atoms with Crippen molar-refractivity contribution in [2.24, 2.45) is 0 Å². The first-order valence-electron chi connectivity index (χ1n) is 24.9. The number of para-hydroxylation sites is 4. The van der Waals surface area contributed by atoms with Crippen molar-refractivity contribution in [2.45, 2.75) is 19.3 Å². The zero-order valence-electron chi connectivity index (χ0n) is 40.1. The Hall–Kier alpha value is -9.18. The van der Waals surface area contributed by atoms with Crippen LogP contribution in [0.25, 0.3) is 105 Å². The monoisotopic (exact) mass is 920 g/mol. The highest BCUT2D eigenvalue weighted by molar-refractivity contribution is 6.11. The molecule has 0 radical (unpaired) electrons. The van der Waals surface area contributed by atoms with Gasteiger partial charge < -0.3 is 13.9 Å². The minimum atomic E-state index is -0.130. The molecule has 0 saturated carbocycles. The van der Waals surface area contributed by atoms with Gasteiger partial charge in [-0.05, 0) is 116 Å². The summed E-state index contributed by atoms with van der Waals surface area (Å²) in [6.07, 6.45) is 0. The molecule has 0 N–H and O–H groups in total. The van der Waals surface area contributed by atoms with Crippen molar-refractivity contribution in [2.75, 3.05) is 4.90 Å². The van der Waals surface area contributed by atoms with Gasteiger partial charge in [0.1, 0.15) is 11.2 Å². The fourth-order valence-corrected chi connectivity index (χ4v) is 11.6. The number of nitrogens with zero attached hydrogens (tertiary/aromatic N) is 2. The van der Waals surface area contributed by atoms with Crippen LogP contribution in [-0.4, -0.2) is 4.57 Å². The molecular formula is C69H48N2O. The molecule has 72 heavy (non-hydrogen) atoms. The van der Waals surface area contributed by atoms with E-state index in [1.54, 1.807) is 0 Å². The van der Waals surface area contributed by atoms with E-state index in [1.807, 2.05) is 12.1 Å². The summed E-state index contributed by atoms with van der Waals surface area (Å²) in [6.45, 7) is 4.70. The summed E-state index contributed by atoms with van der Waals surface area (Å²) in [7, 11) is 0. The second-order valence-electron chi connectivity index (χ2n) is 19.7. The molecule has 3 nitrogen and oxygen atoms in total. The number of anilines is 3. The van der Waals surface area contributed by atoms with Crippen LogP contribution in [0.3, 0.4) is 0 Å². The molecule has 11 aromatic carbocycles. The van der Waals surface area contributed by atoms with Gasteiger partial charge >= 0.3 is 0 Å². The molecule has 0 amide bonds. The van der Waals surface area contributed by atoms with E-state index in [0.717, 1.165) is 61.4 Å². The third-order valence-electron chi connectivity index (χ3n) is 15.2. The number of rotatable bonds is 8. The zero-order chi connectivity index (χ0) is 47.9. The second kappa shape index (κ2) is 16.5. The number of aromatic nitrogens is 1. The maximum atomic E-state index is 6.47. The Morgan fingerprint density at radius 2 is 0.861 bits per heavy atom. The van der Waals surface area contributed by atoms with Gasteiger partial charge in [-0.1, -0.05) is 208 Å². The molecule has 0 spiro atoms. The lowest BCUT2D eigenvalue weighted by Crippen LogP contribution is -2.16. The van der Waals surface area contributed by atoms with Crippen LogP contribution < -0.4 is 4.90 Å². The minimum Gasteiger partial charge on any atom is -0.455 e. The van der Waals surface area contributed by atoms with E-state index in [2.05, 4.69) is 266 Å². The molecule has 0 saturated heterocycles. The largest absolute Gasteiger partial charge is 0.455 e. The van der Waals surface area contributed by atoms with E-state index in [-0.39, 0.29) is 5.41 Å². The standard InChI is InChI=1S/C69H48N2O/c1-69(2)62-23-10-6-18-56(62)57-42-40-53(44-63(57)69)70(52-38-33-49(34-39-52)55-21-14-22-61-60-20-9-13-26-67(60)72-68(55)61)51-36-31-47(32-37-51)46-27-29-48(30-28-46)54-17-7-11-24-64(54)71-65-25-12-8-19-58(65)59-41-35-50(43-66(59)71)45-15-4-3-5-16-45/h3-44H,1-2H3. The lowest BCUT2D eigenvalue weighted by atomic mass is 9.82. The van der Waals surface area contributed by atoms with Gasteiger partial charge in [-0.3, -0.25) is 0 Å². The van der Waals surface area contributed by atoms with Crippen LogP contribution in [0.1, 0.15) is 25.0 Å². The van der Waals surface area contributed by atoms with Crippen molar-refractivity contribution in [1.29, 1.82) is 0 Å². The summed E-state index contributed by atoms with van der Waals surface area (Å²) >= 11 is 0. The molecule has 0 bridgehead atoms. The molecule has 1 aliphatic rings. The number of hydrogen-bond acceptors (Lipinski definition) is 2. The Kier molecular flexibility index (Phi) is 9.56. The average Bonchev–Trinajstić information content (AvgIpc) is 4.06. The fourth-order valence-electron chi connectivity index (χ4n) is 11.6. The van der Waals surface area contributed by atoms with E-state index >= 15 is 0 Å². The first kappa shape index (κ1) is 41.8. The van der Waals surface area contributed by atoms with Crippen molar-refractivity contribution in [3.05, 3.63) is 266 Å². The smallest absolute Gasteiger partial charge is 0.143 e. The Morgan fingerprint density at radius 3 is 1.65 bits per heavy atom. The number of hydrogen-bond donors (Lipinski definition) is 0. The molecule has 2 aromatic heterocycles. The highest BCUT2D eigenvalue weighted by Crippen LogP contribution is 2.51. The first-order chi connectivity index (χ1) is 35.5. The molecule has 0 aliphatic heterocycles. The van der Waals surface area contributed by atoms with E-state index in [9.17, 15) is 0 Å². The van der Waals surface area contributed by atoms with Crippen LogP contribution in [0.15, 0.2) is 259 Å². The van der Waals surface area contributed by atoms with Crippen molar-refractivity contribution < 1.29 is 4.42 Å². The van der Waals surface area contributed by atoms with Gasteiger partial charge in [-0.15, -0.1) is 0 Å². The number of fused-ring (bicyclic) bond motifs is 9. The van der Waals surface area contributed by atoms with Crippen LogP contribution in [0.5, 0.6) is 0 Å². The molecule has 2 heterocycles. The van der Waals surface area contributed by atoms with Crippen LogP contribution in [0, 0.1) is 0 Å². The SMILES string of the molecule is CC1(C)c2ccccc2-c2ccc(N(c3ccc(-c4ccc(-c5ccccc5-n5c6ccccc6c6ccc(-c7ccccc7)cc65)cc4)cc3)c3ccc(-c4cccc5c4oc4ccccc45)cc3)cc21. The van der Waals surface area contributed by atoms with E-state index in [0.29, 0.717) is 0 Å². The van der Waals surface area contributed by atoms with Crippen LogP contribution >= 0.6 is 0 Å². The Labute approximate surface area is 419 Å². The summed E-state index contributed by atoms with van der Waals surface area (Å²) in [5.74, 6) is 0. The lowest BCUT2D eigenvalue weighted by Gasteiger charge is -2.28. The van der Waals surface area contributed by atoms with Crippen molar-refractivity contribution >= 4 is 60.8 Å². The van der Waals surface area contributed by atoms with Crippen LogP contribution in [0.4, 0.5) is 17.1 Å². The van der Waals surface area contributed by atoms with Gasteiger partial charge in [0.2, 0.25) is 0 Å². The molecule has 14 rings (SSSR count). The summed E-state index contributed by atoms with van der Waals surface area (Å²) in [4.78, 5) is 2.40. The second-order valence-corrected chi connectivity index (χ2v) is 19.7. The van der Waals surface area contributed by atoms with Gasteiger partial charge in [0.25, 0.3) is 0 Å². The highest BCUT2D eigenvalue weighted by Gasteiger charge is 2.36. The Morgan fingerprint density at radius 1 is 0.333 bits per heavy atom. The van der Waals surface area contributed by atoms with Gasteiger partial charge in [-0.25, -0.2) is 0 Å². The minimum absolute atomic E-state index is 0.130. The molecule has 0 fully saturated rings. The quantitative estimate of drug-likeness (QED) is 0.151. The van der Waals surface area contributed by atoms with Crippen molar-refractivity contribution in [3.8, 4) is 61.3 Å². The summed E-state index contributed by atoms with van der Waals surface area (Å²) in [5.41, 5.74) is 23.2. The van der Waals surface area contributed by atoms with Gasteiger partial charge in [0, 0.05) is 55.1 Å². The Balaban J connectivity index is 0.824. The predicted octanol–water partition coefficient (Wildman–Crippen LogP) is 19.1. The topological polar surface area (TPSA) is 21.3 Å². The molecule has 3 heteroatoms. The van der Waals surface area contributed by atoms with Crippen LogP contribution in [0.2, 0.25) is 0 Å². The van der Waals surface area contributed by atoms with E-state index in [1.165, 1.54) is 71.9 Å². The maximum absolute atomic E-state index is 6.47. The maximum Gasteiger partial charge on any atom is 0.143 e. The summed E-state index contributed by atoms with van der Waals surface area (Å²) in [5, 5.41) is 4.76. The lowest BCUT2D eigenvalue weighted by molar-refractivity contribution is 0.660. The third-order valence-corrected chi connectivity index (χ3v) is 15.2. The molecule has 340 valence electrons. The summed E-state index contributed by atoms with van der Waals surface area (Å²) < 4.78 is 8.92. The van der Waals surface area contributed by atoms with Crippen LogP contribution in [-0.2, 0) is 5.41 Å². The molecule has 0 atom stereocenters. The molecule has 0 unspecified atom stereocenters. The van der Waals surface area contributed by atoms with Gasteiger partial charge in [-0.2, -0.15) is 0 Å². The molecule has 13 aromatic rings. The molecule has 1 aliphatic carbocycles. The Bertz CT molecular complexity index is 4210. The fraction of sp³-hybridized carbons (Fsp3) is 0.0435. The zero-order valence-corrected chi connectivity index (χ0v) is 40.1. The van der Waals surface area contributed by atoms with E-state index in [4.69, 9.17) is 4.42 Å². The highest BCUT2D eigenvalue weighted by atomic mass is 16.3. The summed E-state index contributed by atoms with van der Waals surface area (Å²) in [6, 6.07) is 92.8. The van der Waals surface area contributed by atoms with Gasteiger partial charge in [0.05, 0.1) is 16.7 Å². The van der Waals surface area contributed by atoms with Crippen molar-refractivity contribution in [3.63, 3.8) is 0 Å². The third kappa shape index (κ3) is 6.66. The number of benzene rings is 11. The normalized spacial score (nSPS) is 12.7. The van der Waals surface area contributed by atoms with E-state index < -0.39 is 0 Å². The predicted molar refractivity (Wildman–Crippen MR) is 302 cm³/mol. The van der Waals surface area contributed by atoms with Crippen molar-refractivity contribution in [1.82, 2.24) is 4.57 Å².